The average molecular weight is 1260 g/mol. The normalized spacial score (nSPS) is 10.7. The topological polar surface area (TPSA) is 151 Å². The quantitative estimate of drug-likeness (QED) is 0.0425. The number of carbonyl (C=O) groups is 6. The summed E-state index contributed by atoms with van der Waals surface area (Å²) in [5, 5.41) is 0. The molecule has 15 heteroatoms. The van der Waals surface area contributed by atoms with Crippen LogP contribution in [0.15, 0.2) is 182 Å². The van der Waals surface area contributed by atoms with Crippen molar-refractivity contribution in [2.24, 2.45) is 0 Å². The third kappa shape index (κ3) is 21.0. The van der Waals surface area contributed by atoms with Gasteiger partial charge in [0.1, 0.15) is 0 Å². The summed E-state index contributed by atoms with van der Waals surface area (Å²) in [6.07, 6.45) is 3.84. The summed E-state index contributed by atoms with van der Waals surface area (Å²) in [6.45, 7) is 13.0. The van der Waals surface area contributed by atoms with E-state index in [2.05, 4.69) is 33.2 Å². The molecule has 6 aromatic carbocycles. The van der Waals surface area contributed by atoms with Crippen molar-refractivity contribution in [1.29, 1.82) is 0 Å². The highest BCUT2D eigenvalue weighted by molar-refractivity contribution is 5.98. The molecule has 0 aliphatic rings. The van der Waals surface area contributed by atoms with Crippen LogP contribution in [0.5, 0.6) is 0 Å². The average Bonchev–Trinajstić information content (AvgIpc) is 1.20. The largest absolute Gasteiger partial charge is 0.341 e. The molecule has 0 radical (unpaired) electrons. The summed E-state index contributed by atoms with van der Waals surface area (Å²) in [4.78, 5) is 89.3. The Morgan fingerprint density at radius 2 is 0.602 bits per heavy atom. The van der Waals surface area contributed by atoms with Gasteiger partial charge >= 0.3 is 0 Å². The molecular formula is C78H81F3N6O6. The lowest BCUT2D eigenvalue weighted by Gasteiger charge is -2.16. The molecule has 3 amide bonds. The smallest absolute Gasteiger partial charge is 0.222 e. The van der Waals surface area contributed by atoms with Gasteiger partial charge in [-0.05, 0) is 125 Å². The second-order valence-electron chi connectivity index (χ2n) is 23.1. The van der Waals surface area contributed by atoms with E-state index in [-0.39, 0.29) is 53.5 Å². The number of halogens is 3. The molecule has 12 nitrogen and oxygen atoms in total. The van der Waals surface area contributed by atoms with Crippen molar-refractivity contribution in [3.8, 4) is 33.4 Å². The van der Waals surface area contributed by atoms with Crippen LogP contribution >= 0.6 is 0 Å². The molecule has 0 unspecified atom stereocenters. The first kappa shape index (κ1) is 70.4. The molecule has 9 aromatic rings. The molecular weight excluding hydrogens is 1170 g/mol. The Balaban J connectivity index is 0.000000198. The molecule has 3 heterocycles. The maximum Gasteiger partial charge on any atom is 0.222 e. The van der Waals surface area contributed by atoms with Gasteiger partial charge in [0.2, 0.25) is 35.6 Å². The number of Topliss-reactive ketones (excluding diaryl/α,β-unsaturated/α-hetero) is 3. The maximum atomic E-state index is 13.6. The number of hydrogen-bond donors (Lipinski definition) is 0. The number of pyridine rings is 3. The molecule has 0 saturated heterocycles. The fourth-order valence-electron chi connectivity index (χ4n) is 10.5. The fraction of sp³-hybridized carbons (Fsp3) is 0.269. The molecule has 0 spiro atoms. The minimum atomic E-state index is -0.878. The number of nitrogens with zero attached hydrogens (tertiary/aromatic N) is 6. The zero-order valence-electron chi connectivity index (χ0n) is 54.6. The summed E-state index contributed by atoms with van der Waals surface area (Å²) in [6, 6.07) is 56.3. The summed E-state index contributed by atoms with van der Waals surface area (Å²) < 4.78 is 39.6. The molecule has 0 saturated carbocycles. The Hall–Kier alpha value is -10.0. The minimum Gasteiger partial charge on any atom is -0.341 e. The molecule has 0 bridgehead atoms. The molecule has 0 N–H and O–H groups in total. The third-order valence-corrected chi connectivity index (χ3v) is 16.2. The monoisotopic (exact) mass is 1250 g/mol. The lowest BCUT2D eigenvalue weighted by molar-refractivity contribution is -0.130. The van der Waals surface area contributed by atoms with Gasteiger partial charge < -0.3 is 14.7 Å². The lowest BCUT2D eigenvalue weighted by Crippen LogP contribution is -2.25. The summed E-state index contributed by atoms with van der Waals surface area (Å²) in [7, 11) is 5.42. The molecule has 0 atom stereocenters. The van der Waals surface area contributed by atoms with E-state index in [9.17, 15) is 41.9 Å². The number of rotatable bonds is 24. The van der Waals surface area contributed by atoms with E-state index in [1.165, 1.54) is 12.1 Å². The highest BCUT2D eigenvalue weighted by Gasteiger charge is 2.15. The zero-order valence-corrected chi connectivity index (χ0v) is 54.6. The first-order valence-electron chi connectivity index (χ1n) is 31.4. The number of amides is 3. The standard InChI is InChI=1S/C27H30N2O2.C26H27FN2O2.C25H24F2N2O2/c1-5-27(31)29(4)18-21-7-10-23(11-8-21)24-12-14-25(15-13-24)26(30)17-16-22-9-6-19(2)28-20(22)3;1-4-26(31)29(3)17-19-5-7-21(8-6-19)22-9-11-23(12-10-22)24(30)15-13-20-14-16-25(27)28-18(20)2;1-3-24(31)29(2)16-17-4-6-18(7-5-17)19-8-10-20(11-9-19)22(30)14-12-21-13-15-23(26)28-25(21)27/h6-15H,5,16-18H2,1-4H3;5-12,14,16H,4,13,15,17H2,1-3H3;4-11,13,15H,3,12,14,16H2,1-2H3. The van der Waals surface area contributed by atoms with Crippen molar-refractivity contribution in [2.75, 3.05) is 21.1 Å². The maximum absolute atomic E-state index is 13.6. The van der Waals surface area contributed by atoms with Gasteiger partial charge in [-0.3, -0.25) is 33.8 Å². The van der Waals surface area contributed by atoms with E-state index in [1.807, 2.05) is 176 Å². The van der Waals surface area contributed by atoms with Gasteiger partial charge in [0.15, 0.2) is 17.3 Å². The van der Waals surface area contributed by atoms with Crippen LogP contribution in [0, 0.1) is 38.6 Å². The molecule has 9 rings (SSSR count). The number of benzene rings is 6. The van der Waals surface area contributed by atoms with Crippen LogP contribution in [0.1, 0.15) is 141 Å². The molecule has 0 fully saturated rings. The van der Waals surface area contributed by atoms with Gasteiger partial charge in [0.05, 0.1) is 0 Å². The first-order valence-corrected chi connectivity index (χ1v) is 31.4. The van der Waals surface area contributed by atoms with Crippen LogP contribution in [-0.4, -0.2) is 85.9 Å². The SMILES string of the molecule is CCC(=O)N(C)Cc1ccc(-c2ccc(C(=O)CCc3ccc(C)nc3C)cc2)cc1.CCC(=O)N(C)Cc1ccc(-c2ccc(C(=O)CCc3ccc(F)nc3C)cc2)cc1.CCC(=O)N(C)Cc1ccc(-c2ccc(C(=O)CCc3ccc(F)nc3F)cc2)cc1. The third-order valence-electron chi connectivity index (χ3n) is 16.2. The minimum absolute atomic E-state index is 0.0502. The number of aryl methyl sites for hydroxylation is 6. The van der Waals surface area contributed by atoms with E-state index in [0.29, 0.717) is 81.4 Å². The van der Waals surface area contributed by atoms with Crippen molar-refractivity contribution in [1.82, 2.24) is 29.7 Å². The first-order chi connectivity index (χ1) is 44.6. The molecule has 0 aliphatic carbocycles. The van der Waals surface area contributed by atoms with Gasteiger partial charge in [0, 0.05) is 119 Å². The van der Waals surface area contributed by atoms with Crippen molar-refractivity contribution < 1.29 is 41.9 Å². The van der Waals surface area contributed by atoms with Crippen molar-refractivity contribution in [3.05, 3.63) is 267 Å². The Morgan fingerprint density at radius 1 is 0.333 bits per heavy atom. The number of ketones is 3. The van der Waals surface area contributed by atoms with E-state index < -0.39 is 17.8 Å². The van der Waals surface area contributed by atoms with Crippen LogP contribution in [0.4, 0.5) is 13.2 Å². The van der Waals surface area contributed by atoms with Crippen molar-refractivity contribution in [2.45, 2.75) is 119 Å². The number of carbonyl (C=O) groups excluding carboxylic acids is 6. The van der Waals surface area contributed by atoms with Crippen LogP contribution in [0.3, 0.4) is 0 Å². The van der Waals surface area contributed by atoms with E-state index >= 15 is 0 Å². The highest BCUT2D eigenvalue weighted by Crippen LogP contribution is 2.26. The predicted molar refractivity (Wildman–Crippen MR) is 361 cm³/mol. The second-order valence-corrected chi connectivity index (χ2v) is 23.1. The van der Waals surface area contributed by atoms with Gasteiger partial charge in [-0.25, -0.2) is 4.98 Å². The Bertz CT molecular complexity index is 3590. The van der Waals surface area contributed by atoms with Gasteiger partial charge in [0.25, 0.3) is 0 Å². The van der Waals surface area contributed by atoms with Gasteiger partial charge in [-0.1, -0.05) is 178 Å². The van der Waals surface area contributed by atoms with E-state index in [4.69, 9.17) is 0 Å². The van der Waals surface area contributed by atoms with E-state index in [1.54, 1.807) is 46.9 Å². The molecule has 93 heavy (non-hydrogen) atoms. The zero-order chi connectivity index (χ0) is 67.1. The van der Waals surface area contributed by atoms with Crippen molar-refractivity contribution in [3.63, 3.8) is 0 Å². The van der Waals surface area contributed by atoms with Gasteiger partial charge in [-0.15, -0.1) is 0 Å². The highest BCUT2D eigenvalue weighted by atomic mass is 19.1. The summed E-state index contributed by atoms with van der Waals surface area (Å²) in [5.41, 5.74) is 16.2. The number of hydrogen-bond acceptors (Lipinski definition) is 9. The Morgan fingerprint density at radius 3 is 0.892 bits per heavy atom. The molecule has 3 aromatic heterocycles. The molecule has 480 valence electrons. The summed E-state index contributed by atoms with van der Waals surface area (Å²) >= 11 is 0. The number of aromatic nitrogens is 3. The lowest BCUT2D eigenvalue weighted by atomic mass is 9.98. The predicted octanol–water partition coefficient (Wildman–Crippen LogP) is 16.1. The van der Waals surface area contributed by atoms with Crippen LogP contribution < -0.4 is 0 Å². The molecule has 0 aliphatic heterocycles. The Labute approximate surface area is 544 Å². The summed E-state index contributed by atoms with van der Waals surface area (Å²) in [5.74, 6) is -1.82. The van der Waals surface area contributed by atoms with Crippen LogP contribution in [0.2, 0.25) is 0 Å². The Kier molecular flexibility index (Phi) is 26.1. The van der Waals surface area contributed by atoms with Gasteiger partial charge in [-0.2, -0.15) is 18.2 Å². The van der Waals surface area contributed by atoms with Crippen molar-refractivity contribution >= 4 is 35.1 Å². The second kappa shape index (κ2) is 34.4. The van der Waals surface area contributed by atoms with Crippen LogP contribution in [0.25, 0.3) is 33.4 Å². The fourth-order valence-corrected chi connectivity index (χ4v) is 10.5. The van der Waals surface area contributed by atoms with Crippen LogP contribution in [-0.2, 0) is 53.3 Å². The van der Waals surface area contributed by atoms with E-state index in [0.717, 1.165) is 84.2 Å².